The third kappa shape index (κ3) is 5.11. The fourth-order valence-corrected chi connectivity index (χ4v) is 1.37. The van der Waals surface area contributed by atoms with Crippen molar-refractivity contribution in [1.82, 2.24) is 10.6 Å². The number of rotatable bonds is 7. The van der Waals surface area contributed by atoms with Gasteiger partial charge in [0.25, 0.3) is 0 Å². The standard InChI is InChI=1S/C11H23N3O2/c1-4-8(2)10(11(16)13-3)14-9(15)6-5-7-12/h8,10H,4-7,12H2,1-3H3,(H,13,16)(H,14,15). The molecule has 16 heavy (non-hydrogen) atoms. The second-order valence-electron chi connectivity index (χ2n) is 3.94. The monoisotopic (exact) mass is 229 g/mol. The van der Waals surface area contributed by atoms with E-state index in [1.165, 1.54) is 0 Å². The number of hydrogen-bond donors (Lipinski definition) is 3. The predicted molar refractivity (Wildman–Crippen MR) is 63.7 cm³/mol. The lowest BCUT2D eigenvalue weighted by atomic mass is 9.98. The van der Waals surface area contributed by atoms with E-state index in [2.05, 4.69) is 10.6 Å². The van der Waals surface area contributed by atoms with Crippen LogP contribution in [0.3, 0.4) is 0 Å². The van der Waals surface area contributed by atoms with Crippen LogP contribution in [0, 0.1) is 5.92 Å². The van der Waals surface area contributed by atoms with Crippen molar-refractivity contribution in [2.45, 2.75) is 39.2 Å². The highest BCUT2D eigenvalue weighted by molar-refractivity contribution is 5.87. The Labute approximate surface area is 97.2 Å². The average Bonchev–Trinajstić information content (AvgIpc) is 2.31. The predicted octanol–water partition coefficient (Wildman–Crippen LogP) is 0.00220. The van der Waals surface area contributed by atoms with Gasteiger partial charge in [-0.25, -0.2) is 0 Å². The van der Waals surface area contributed by atoms with E-state index in [0.717, 1.165) is 6.42 Å². The molecule has 0 radical (unpaired) electrons. The molecule has 0 aromatic rings. The molecule has 0 aliphatic carbocycles. The lowest BCUT2D eigenvalue weighted by Crippen LogP contribution is -2.49. The first-order valence-corrected chi connectivity index (χ1v) is 5.77. The van der Waals surface area contributed by atoms with Gasteiger partial charge < -0.3 is 16.4 Å². The van der Waals surface area contributed by atoms with Gasteiger partial charge in [0.2, 0.25) is 11.8 Å². The highest BCUT2D eigenvalue weighted by Crippen LogP contribution is 2.08. The largest absolute Gasteiger partial charge is 0.357 e. The van der Waals surface area contributed by atoms with E-state index >= 15 is 0 Å². The summed E-state index contributed by atoms with van der Waals surface area (Å²) in [6, 6.07) is -0.444. The first kappa shape index (κ1) is 14.9. The first-order valence-electron chi connectivity index (χ1n) is 5.77. The van der Waals surface area contributed by atoms with Crippen molar-refractivity contribution >= 4 is 11.8 Å². The van der Waals surface area contributed by atoms with Gasteiger partial charge in [0.05, 0.1) is 0 Å². The van der Waals surface area contributed by atoms with Crippen molar-refractivity contribution in [3.05, 3.63) is 0 Å². The maximum absolute atomic E-state index is 11.6. The van der Waals surface area contributed by atoms with E-state index in [1.54, 1.807) is 7.05 Å². The van der Waals surface area contributed by atoms with Crippen LogP contribution in [-0.4, -0.2) is 31.4 Å². The molecule has 2 amide bonds. The minimum absolute atomic E-state index is 0.112. The summed E-state index contributed by atoms with van der Waals surface area (Å²) in [5, 5.41) is 5.31. The van der Waals surface area contributed by atoms with Gasteiger partial charge in [-0.1, -0.05) is 20.3 Å². The topological polar surface area (TPSA) is 84.2 Å². The Kier molecular flexibility index (Phi) is 7.54. The lowest BCUT2D eigenvalue weighted by Gasteiger charge is -2.22. The minimum atomic E-state index is -0.444. The maximum atomic E-state index is 11.6. The summed E-state index contributed by atoms with van der Waals surface area (Å²) in [5.74, 6) is -0.128. The van der Waals surface area contributed by atoms with E-state index in [0.29, 0.717) is 19.4 Å². The zero-order valence-electron chi connectivity index (χ0n) is 10.4. The summed E-state index contributed by atoms with van der Waals surface area (Å²) in [5.41, 5.74) is 5.32. The fourth-order valence-electron chi connectivity index (χ4n) is 1.37. The van der Waals surface area contributed by atoms with E-state index < -0.39 is 6.04 Å². The quantitative estimate of drug-likeness (QED) is 0.574. The van der Waals surface area contributed by atoms with Crippen molar-refractivity contribution in [1.29, 1.82) is 0 Å². The molecule has 0 fully saturated rings. The Morgan fingerprint density at radius 3 is 2.44 bits per heavy atom. The normalized spacial score (nSPS) is 14.0. The molecule has 4 N–H and O–H groups in total. The molecule has 0 aromatic heterocycles. The van der Waals surface area contributed by atoms with Crippen LogP contribution in [0.5, 0.6) is 0 Å². The first-order chi connectivity index (χ1) is 7.56. The van der Waals surface area contributed by atoms with Crippen LogP contribution in [0.15, 0.2) is 0 Å². The van der Waals surface area contributed by atoms with E-state index in [4.69, 9.17) is 5.73 Å². The minimum Gasteiger partial charge on any atom is -0.357 e. The molecule has 2 atom stereocenters. The molecule has 0 bridgehead atoms. The Morgan fingerprint density at radius 1 is 1.38 bits per heavy atom. The van der Waals surface area contributed by atoms with E-state index in [-0.39, 0.29) is 17.7 Å². The van der Waals surface area contributed by atoms with Gasteiger partial charge in [-0.05, 0) is 18.9 Å². The van der Waals surface area contributed by atoms with Crippen molar-refractivity contribution < 1.29 is 9.59 Å². The molecule has 0 aromatic carbocycles. The molecule has 0 saturated carbocycles. The molecular weight excluding hydrogens is 206 g/mol. The smallest absolute Gasteiger partial charge is 0.242 e. The van der Waals surface area contributed by atoms with Crippen LogP contribution >= 0.6 is 0 Å². The lowest BCUT2D eigenvalue weighted by molar-refractivity contribution is -0.130. The third-order valence-electron chi connectivity index (χ3n) is 2.67. The number of carbonyl (C=O) groups is 2. The summed E-state index contributed by atoms with van der Waals surface area (Å²) in [7, 11) is 1.57. The Morgan fingerprint density at radius 2 is 2.00 bits per heavy atom. The van der Waals surface area contributed by atoms with Gasteiger partial charge in [-0.3, -0.25) is 9.59 Å². The number of carbonyl (C=O) groups excluding carboxylic acids is 2. The highest BCUT2D eigenvalue weighted by atomic mass is 16.2. The number of likely N-dealkylation sites (N-methyl/N-ethyl adjacent to an activating group) is 1. The van der Waals surface area contributed by atoms with Crippen molar-refractivity contribution in [2.24, 2.45) is 11.7 Å². The van der Waals surface area contributed by atoms with Gasteiger partial charge >= 0.3 is 0 Å². The zero-order valence-corrected chi connectivity index (χ0v) is 10.4. The molecule has 94 valence electrons. The van der Waals surface area contributed by atoms with Gasteiger partial charge in [0.1, 0.15) is 6.04 Å². The van der Waals surface area contributed by atoms with Gasteiger partial charge in [0, 0.05) is 13.5 Å². The SMILES string of the molecule is CCC(C)C(NC(=O)CCCN)C(=O)NC. The molecular formula is C11H23N3O2. The molecule has 0 heterocycles. The Balaban J connectivity index is 4.31. The molecule has 0 saturated heterocycles. The third-order valence-corrected chi connectivity index (χ3v) is 2.67. The number of amides is 2. The van der Waals surface area contributed by atoms with Gasteiger partial charge in [0.15, 0.2) is 0 Å². The Hall–Kier alpha value is -1.10. The number of nitrogens with one attached hydrogen (secondary N) is 2. The fraction of sp³-hybridized carbons (Fsp3) is 0.818. The van der Waals surface area contributed by atoms with Crippen LogP contribution < -0.4 is 16.4 Å². The molecule has 5 nitrogen and oxygen atoms in total. The van der Waals surface area contributed by atoms with Crippen LogP contribution in [0.25, 0.3) is 0 Å². The number of hydrogen-bond acceptors (Lipinski definition) is 3. The summed E-state index contributed by atoms with van der Waals surface area (Å²) in [6.07, 6.45) is 1.86. The zero-order chi connectivity index (χ0) is 12.6. The second-order valence-corrected chi connectivity index (χ2v) is 3.94. The van der Waals surface area contributed by atoms with Crippen molar-refractivity contribution in [3.8, 4) is 0 Å². The molecule has 0 spiro atoms. The van der Waals surface area contributed by atoms with Gasteiger partial charge in [-0.15, -0.1) is 0 Å². The number of nitrogens with two attached hydrogens (primary N) is 1. The van der Waals surface area contributed by atoms with E-state index in [9.17, 15) is 9.59 Å². The molecule has 0 aliphatic heterocycles. The molecule has 0 aliphatic rings. The molecule has 0 rings (SSSR count). The van der Waals surface area contributed by atoms with Crippen LogP contribution in [0.4, 0.5) is 0 Å². The highest BCUT2D eigenvalue weighted by Gasteiger charge is 2.24. The van der Waals surface area contributed by atoms with E-state index in [1.807, 2.05) is 13.8 Å². The van der Waals surface area contributed by atoms with Crippen LogP contribution in [0.1, 0.15) is 33.1 Å². The van der Waals surface area contributed by atoms with Crippen molar-refractivity contribution in [3.63, 3.8) is 0 Å². The maximum Gasteiger partial charge on any atom is 0.242 e. The Bertz CT molecular complexity index is 231. The second kappa shape index (κ2) is 8.10. The summed E-state index contributed by atoms with van der Waals surface area (Å²) in [4.78, 5) is 23.1. The summed E-state index contributed by atoms with van der Waals surface area (Å²) < 4.78 is 0. The molecule has 5 heteroatoms. The van der Waals surface area contributed by atoms with Crippen LogP contribution in [0.2, 0.25) is 0 Å². The van der Waals surface area contributed by atoms with Crippen molar-refractivity contribution in [2.75, 3.05) is 13.6 Å². The molecule has 2 unspecified atom stereocenters. The van der Waals surface area contributed by atoms with Gasteiger partial charge in [-0.2, -0.15) is 0 Å². The summed E-state index contributed by atoms with van der Waals surface area (Å²) in [6.45, 7) is 4.43. The van der Waals surface area contributed by atoms with Crippen LogP contribution in [-0.2, 0) is 9.59 Å². The average molecular weight is 229 g/mol. The summed E-state index contributed by atoms with van der Waals surface area (Å²) >= 11 is 0.